The molecule has 0 saturated carbocycles. The Hall–Kier alpha value is -0.0700. The number of hydrogen-bond acceptors (Lipinski definition) is 4. The SMILES string of the molecule is CC1CN(C(C(=O)NCCN)C(C)C)CC(C)O1.Cl.Cl. The summed E-state index contributed by atoms with van der Waals surface area (Å²) in [5.41, 5.74) is 5.43. The molecule has 122 valence electrons. The van der Waals surface area contributed by atoms with Crippen LogP contribution in [-0.4, -0.2) is 55.2 Å². The van der Waals surface area contributed by atoms with E-state index in [1.807, 2.05) is 0 Å². The normalized spacial score (nSPS) is 24.5. The molecule has 0 aliphatic carbocycles. The van der Waals surface area contributed by atoms with Gasteiger partial charge in [-0.3, -0.25) is 9.69 Å². The minimum atomic E-state index is -0.0923. The Kier molecular flexibility index (Phi) is 11.8. The Morgan fingerprint density at radius 1 is 1.30 bits per heavy atom. The lowest BCUT2D eigenvalue weighted by atomic mass is 9.99. The smallest absolute Gasteiger partial charge is 0.237 e. The van der Waals surface area contributed by atoms with Crippen molar-refractivity contribution in [2.24, 2.45) is 11.7 Å². The molecule has 0 bridgehead atoms. The predicted octanol–water partition coefficient (Wildman–Crippen LogP) is 1.04. The highest BCUT2D eigenvalue weighted by atomic mass is 35.5. The summed E-state index contributed by atoms with van der Waals surface area (Å²) in [5.74, 6) is 0.358. The number of nitrogens with two attached hydrogens (primary N) is 1. The molecule has 1 heterocycles. The first-order valence-corrected chi connectivity index (χ1v) is 6.83. The van der Waals surface area contributed by atoms with Gasteiger partial charge in [-0.25, -0.2) is 0 Å². The molecule has 1 aliphatic rings. The van der Waals surface area contributed by atoms with Crippen LogP contribution in [-0.2, 0) is 9.53 Å². The molecule has 1 saturated heterocycles. The second-order valence-electron chi connectivity index (χ2n) is 5.48. The summed E-state index contributed by atoms with van der Waals surface area (Å²) >= 11 is 0. The van der Waals surface area contributed by atoms with Gasteiger partial charge < -0.3 is 15.8 Å². The van der Waals surface area contributed by atoms with E-state index in [-0.39, 0.29) is 54.9 Å². The second-order valence-corrected chi connectivity index (χ2v) is 5.48. The first kappa shape index (κ1) is 22.2. The van der Waals surface area contributed by atoms with Gasteiger partial charge in [-0.15, -0.1) is 24.8 Å². The minimum absolute atomic E-state index is 0. The summed E-state index contributed by atoms with van der Waals surface area (Å²) in [6.07, 6.45) is 0.356. The maximum Gasteiger partial charge on any atom is 0.237 e. The summed E-state index contributed by atoms with van der Waals surface area (Å²) in [6.45, 7) is 10.9. The summed E-state index contributed by atoms with van der Waals surface area (Å²) in [5, 5.41) is 2.89. The third-order valence-corrected chi connectivity index (χ3v) is 3.18. The summed E-state index contributed by atoms with van der Waals surface area (Å²) in [6, 6.07) is -0.0923. The monoisotopic (exact) mass is 329 g/mol. The van der Waals surface area contributed by atoms with E-state index in [0.29, 0.717) is 13.1 Å². The Morgan fingerprint density at radius 3 is 2.20 bits per heavy atom. The number of hydrogen-bond donors (Lipinski definition) is 2. The van der Waals surface area contributed by atoms with Crippen LogP contribution < -0.4 is 11.1 Å². The first-order chi connectivity index (χ1) is 8.45. The van der Waals surface area contributed by atoms with Gasteiger partial charge in [-0.2, -0.15) is 0 Å². The van der Waals surface area contributed by atoms with Crippen molar-refractivity contribution in [3.63, 3.8) is 0 Å². The average molecular weight is 330 g/mol. The van der Waals surface area contributed by atoms with E-state index in [1.54, 1.807) is 0 Å². The van der Waals surface area contributed by atoms with Crippen molar-refractivity contribution in [3.05, 3.63) is 0 Å². The highest BCUT2D eigenvalue weighted by Gasteiger charge is 2.33. The zero-order valence-electron chi connectivity index (χ0n) is 12.8. The summed E-state index contributed by atoms with van der Waals surface area (Å²) < 4.78 is 5.71. The maximum absolute atomic E-state index is 12.2. The van der Waals surface area contributed by atoms with Crippen LogP contribution in [0.15, 0.2) is 0 Å². The predicted molar refractivity (Wildman–Crippen MR) is 86.8 cm³/mol. The lowest BCUT2D eigenvalue weighted by molar-refractivity contribution is -0.135. The van der Waals surface area contributed by atoms with Gasteiger partial charge in [-0.1, -0.05) is 13.8 Å². The molecule has 0 spiro atoms. The number of nitrogens with one attached hydrogen (secondary N) is 1. The standard InChI is InChI=1S/C13H27N3O2.2ClH/c1-9(2)12(13(17)15-6-5-14)16-7-10(3)18-11(4)8-16;;/h9-12H,5-8,14H2,1-4H3,(H,15,17);2*1H. The Balaban J connectivity index is 0. The van der Waals surface area contributed by atoms with Crippen LogP contribution in [0.5, 0.6) is 0 Å². The van der Waals surface area contributed by atoms with E-state index >= 15 is 0 Å². The zero-order valence-corrected chi connectivity index (χ0v) is 14.4. The van der Waals surface area contributed by atoms with Crippen molar-refractivity contribution in [2.75, 3.05) is 26.2 Å². The van der Waals surface area contributed by atoms with Crippen molar-refractivity contribution in [1.82, 2.24) is 10.2 Å². The number of nitrogens with zero attached hydrogens (tertiary/aromatic N) is 1. The van der Waals surface area contributed by atoms with Gasteiger partial charge in [0, 0.05) is 26.2 Å². The largest absolute Gasteiger partial charge is 0.373 e. The molecule has 3 atom stereocenters. The van der Waals surface area contributed by atoms with Crippen LogP contribution in [0.2, 0.25) is 0 Å². The van der Waals surface area contributed by atoms with Crippen molar-refractivity contribution in [1.29, 1.82) is 0 Å². The summed E-state index contributed by atoms with van der Waals surface area (Å²) in [7, 11) is 0. The van der Waals surface area contributed by atoms with Crippen molar-refractivity contribution in [3.8, 4) is 0 Å². The van der Waals surface area contributed by atoms with Crippen molar-refractivity contribution >= 4 is 30.7 Å². The van der Waals surface area contributed by atoms with Gasteiger partial charge in [0.05, 0.1) is 18.2 Å². The van der Waals surface area contributed by atoms with Gasteiger partial charge in [0.2, 0.25) is 5.91 Å². The van der Waals surface area contributed by atoms with Crippen molar-refractivity contribution in [2.45, 2.75) is 45.9 Å². The fraction of sp³-hybridized carbons (Fsp3) is 0.923. The van der Waals surface area contributed by atoms with E-state index in [2.05, 4.69) is 37.9 Å². The van der Waals surface area contributed by atoms with Crippen molar-refractivity contribution < 1.29 is 9.53 Å². The van der Waals surface area contributed by atoms with Crippen LogP contribution >= 0.6 is 24.8 Å². The number of rotatable bonds is 5. The van der Waals surface area contributed by atoms with Gasteiger partial charge >= 0.3 is 0 Å². The second kappa shape index (κ2) is 10.6. The molecule has 1 aliphatic heterocycles. The quantitative estimate of drug-likeness (QED) is 0.790. The molecule has 20 heavy (non-hydrogen) atoms. The van der Waals surface area contributed by atoms with Gasteiger partial charge in [0.25, 0.3) is 0 Å². The van der Waals surface area contributed by atoms with Crippen LogP contribution in [0.25, 0.3) is 0 Å². The zero-order chi connectivity index (χ0) is 13.7. The highest BCUT2D eigenvalue weighted by molar-refractivity contribution is 5.85. The van der Waals surface area contributed by atoms with Gasteiger partial charge in [0.15, 0.2) is 0 Å². The topological polar surface area (TPSA) is 67.6 Å². The van der Waals surface area contributed by atoms with Crippen LogP contribution in [0.1, 0.15) is 27.7 Å². The fourth-order valence-electron chi connectivity index (χ4n) is 2.63. The first-order valence-electron chi connectivity index (χ1n) is 6.83. The van der Waals surface area contributed by atoms with E-state index < -0.39 is 0 Å². The lowest BCUT2D eigenvalue weighted by Gasteiger charge is -2.41. The van der Waals surface area contributed by atoms with Crippen LogP contribution in [0, 0.1) is 5.92 Å². The number of carbonyl (C=O) groups is 1. The Labute approximate surface area is 134 Å². The molecular weight excluding hydrogens is 301 g/mol. The Bertz CT molecular complexity index is 270. The number of ether oxygens (including phenoxy) is 1. The minimum Gasteiger partial charge on any atom is -0.373 e. The van der Waals surface area contributed by atoms with Crippen LogP contribution in [0.4, 0.5) is 0 Å². The molecule has 1 rings (SSSR count). The van der Waals surface area contributed by atoms with E-state index in [9.17, 15) is 4.79 Å². The molecule has 0 aromatic heterocycles. The number of halogens is 2. The number of amides is 1. The van der Waals surface area contributed by atoms with E-state index in [0.717, 1.165) is 13.1 Å². The van der Waals surface area contributed by atoms with E-state index in [4.69, 9.17) is 10.5 Å². The maximum atomic E-state index is 12.2. The molecule has 3 unspecified atom stereocenters. The molecule has 1 amide bonds. The van der Waals surface area contributed by atoms with Gasteiger partial charge in [-0.05, 0) is 19.8 Å². The third kappa shape index (κ3) is 6.59. The Morgan fingerprint density at radius 2 is 1.80 bits per heavy atom. The average Bonchev–Trinajstić information content (AvgIpc) is 2.24. The number of carbonyl (C=O) groups excluding carboxylic acids is 1. The third-order valence-electron chi connectivity index (χ3n) is 3.18. The highest BCUT2D eigenvalue weighted by Crippen LogP contribution is 2.18. The molecule has 0 aromatic carbocycles. The molecule has 3 N–H and O–H groups in total. The van der Waals surface area contributed by atoms with E-state index in [1.165, 1.54) is 0 Å². The molecular formula is C13H29Cl2N3O2. The summed E-state index contributed by atoms with van der Waals surface area (Å²) in [4.78, 5) is 14.4. The molecule has 0 aromatic rings. The number of morpholine rings is 1. The molecule has 7 heteroatoms. The molecule has 1 fully saturated rings. The fourth-order valence-corrected chi connectivity index (χ4v) is 2.63. The lowest BCUT2D eigenvalue weighted by Crippen LogP contribution is -2.57. The molecule has 0 radical (unpaired) electrons. The van der Waals surface area contributed by atoms with Gasteiger partial charge in [0.1, 0.15) is 0 Å². The molecule has 5 nitrogen and oxygen atoms in total. The van der Waals surface area contributed by atoms with Crippen LogP contribution in [0.3, 0.4) is 0 Å².